The number of nitrogens with one attached hydrogen (secondary N) is 1. The molecule has 0 aliphatic heterocycles. The molecule has 2 aromatic heterocycles. The average molecular weight is 608 g/mol. The molecule has 15 heteroatoms. The average Bonchev–Trinajstić information content (AvgIpc) is 3.47. The fourth-order valence-corrected chi connectivity index (χ4v) is 4.09. The summed E-state index contributed by atoms with van der Waals surface area (Å²) < 4.78 is 38.8. The maximum atomic E-state index is 16.2. The molecule has 231 valence electrons. The number of rotatable bonds is 14. The molecule has 0 aliphatic carbocycles. The lowest BCUT2D eigenvalue weighted by atomic mass is 10.1. The number of carbonyl (C=O) groups is 1. The third-order valence-corrected chi connectivity index (χ3v) is 6.01. The highest BCUT2D eigenvalue weighted by Gasteiger charge is 2.24. The number of aliphatic hydroxyl groups excluding tert-OH is 1. The third kappa shape index (κ3) is 7.43. The van der Waals surface area contributed by atoms with E-state index in [0.29, 0.717) is 17.7 Å². The van der Waals surface area contributed by atoms with Gasteiger partial charge in [0.25, 0.3) is 5.95 Å². The SMILES string of the molecule is [CH2]Oc1nc(Cc2cc(OC)c(Nc3ccccc3C(CN)=NC(=O)OCCC)c(OCCO)c2F)nn1-c1ncccn1. The summed E-state index contributed by atoms with van der Waals surface area (Å²) in [5, 5.41) is 17.0. The summed E-state index contributed by atoms with van der Waals surface area (Å²) in [6.45, 7) is 1.42. The van der Waals surface area contributed by atoms with E-state index in [2.05, 4.69) is 37.5 Å². The first kappa shape index (κ1) is 31.8. The fraction of sp³-hybridized carbons (Fsp3) is 0.276. The fourth-order valence-electron chi connectivity index (χ4n) is 4.09. The summed E-state index contributed by atoms with van der Waals surface area (Å²) in [6, 6.07) is 9.98. The van der Waals surface area contributed by atoms with Gasteiger partial charge >= 0.3 is 12.1 Å². The van der Waals surface area contributed by atoms with Crippen LogP contribution in [-0.4, -0.2) is 75.1 Å². The van der Waals surface area contributed by atoms with E-state index in [1.54, 1.807) is 30.3 Å². The molecule has 44 heavy (non-hydrogen) atoms. The topological polar surface area (TPSA) is 181 Å². The predicted octanol–water partition coefficient (Wildman–Crippen LogP) is 3.38. The zero-order valence-corrected chi connectivity index (χ0v) is 24.2. The molecule has 1 amide bonds. The second kappa shape index (κ2) is 15.4. The maximum absolute atomic E-state index is 16.2. The molecule has 0 saturated carbocycles. The van der Waals surface area contributed by atoms with E-state index in [0.717, 1.165) is 0 Å². The molecule has 4 rings (SSSR count). The van der Waals surface area contributed by atoms with Crippen LogP contribution in [0, 0.1) is 12.9 Å². The van der Waals surface area contributed by atoms with Crippen molar-refractivity contribution in [3.8, 4) is 23.5 Å². The van der Waals surface area contributed by atoms with Crippen LogP contribution in [0.15, 0.2) is 53.8 Å². The molecular formula is C29H32FN8O6. The number of anilines is 2. The first-order valence-corrected chi connectivity index (χ1v) is 13.5. The zero-order valence-electron chi connectivity index (χ0n) is 24.2. The highest BCUT2D eigenvalue weighted by molar-refractivity contribution is 6.10. The van der Waals surface area contributed by atoms with E-state index >= 15 is 4.39 Å². The van der Waals surface area contributed by atoms with Gasteiger partial charge in [-0.1, -0.05) is 25.1 Å². The molecule has 0 aliphatic rings. The second-order valence-electron chi connectivity index (χ2n) is 8.97. The van der Waals surface area contributed by atoms with Crippen molar-refractivity contribution in [2.45, 2.75) is 19.8 Å². The summed E-state index contributed by atoms with van der Waals surface area (Å²) in [5.74, 6) is -0.407. The van der Waals surface area contributed by atoms with Crippen molar-refractivity contribution in [3.05, 3.63) is 78.7 Å². The molecule has 2 heterocycles. The summed E-state index contributed by atoms with van der Waals surface area (Å²) >= 11 is 0. The van der Waals surface area contributed by atoms with Gasteiger partial charge in [0.2, 0.25) is 0 Å². The molecule has 4 aromatic rings. The number of aromatic nitrogens is 5. The Kier molecular flexibility index (Phi) is 11.1. The van der Waals surface area contributed by atoms with Crippen LogP contribution < -0.4 is 25.3 Å². The Morgan fingerprint density at radius 1 is 1.20 bits per heavy atom. The van der Waals surface area contributed by atoms with Crippen molar-refractivity contribution in [2.75, 3.05) is 38.8 Å². The molecule has 14 nitrogen and oxygen atoms in total. The number of hydrogen-bond acceptors (Lipinski definition) is 12. The number of methoxy groups -OCH3 is 1. The second-order valence-corrected chi connectivity index (χ2v) is 8.97. The number of hydrogen-bond donors (Lipinski definition) is 3. The summed E-state index contributed by atoms with van der Waals surface area (Å²) in [4.78, 5) is 28.8. The lowest BCUT2D eigenvalue weighted by Crippen LogP contribution is -2.19. The number of nitrogens with zero attached hydrogens (tertiary/aromatic N) is 6. The van der Waals surface area contributed by atoms with Crippen molar-refractivity contribution < 1.29 is 33.2 Å². The Hall–Kier alpha value is -5.15. The Morgan fingerprint density at radius 2 is 1.98 bits per heavy atom. The number of aliphatic imine (C=N–C) groups is 1. The molecule has 0 spiro atoms. The van der Waals surface area contributed by atoms with Crippen molar-refractivity contribution >= 4 is 23.2 Å². The summed E-state index contributed by atoms with van der Waals surface area (Å²) in [6.07, 6.45) is 2.81. The summed E-state index contributed by atoms with van der Waals surface area (Å²) in [5.41, 5.74) is 7.33. The Bertz CT molecular complexity index is 1600. The molecule has 0 atom stereocenters. The van der Waals surface area contributed by atoms with E-state index in [-0.39, 0.29) is 79.0 Å². The van der Waals surface area contributed by atoms with E-state index in [1.165, 1.54) is 30.3 Å². The summed E-state index contributed by atoms with van der Waals surface area (Å²) in [7, 11) is 4.81. The minimum absolute atomic E-state index is 0.00108. The largest absolute Gasteiger partial charge is 0.494 e. The van der Waals surface area contributed by atoms with E-state index in [4.69, 9.17) is 24.7 Å². The zero-order chi connectivity index (χ0) is 31.5. The van der Waals surface area contributed by atoms with Gasteiger partial charge in [-0.25, -0.2) is 19.2 Å². The van der Waals surface area contributed by atoms with Gasteiger partial charge in [-0.15, -0.1) is 9.78 Å². The van der Waals surface area contributed by atoms with Gasteiger partial charge in [-0.3, -0.25) is 0 Å². The van der Waals surface area contributed by atoms with Crippen LogP contribution in [0.1, 0.15) is 30.3 Å². The molecule has 4 N–H and O–H groups in total. The smallest absolute Gasteiger partial charge is 0.433 e. The highest BCUT2D eigenvalue weighted by atomic mass is 19.1. The molecular weight excluding hydrogens is 575 g/mol. The minimum atomic E-state index is -0.774. The van der Waals surface area contributed by atoms with Crippen LogP contribution in [0.4, 0.5) is 20.6 Å². The standard InChI is InChI=1S/C29H32FN8O6/c1-4-13-44-29(40)35-21(17-31)19-8-5-6-9-20(19)34-25-22(41-2)15-18(24(30)26(25)43-14-12-39)16-23-36-28(42-3)38(37-23)27-32-10-7-11-33-27/h5-11,15,34,39H,3-4,12-14,16-17,31H2,1-2H3. The minimum Gasteiger partial charge on any atom is -0.494 e. The maximum Gasteiger partial charge on any atom is 0.433 e. The van der Waals surface area contributed by atoms with Crippen LogP contribution in [0.2, 0.25) is 0 Å². The van der Waals surface area contributed by atoms with Crippen LogP contribution in [0.25, 0.3) is 5.95 Å². The van der Waals surface area contributed by atoms with Gasteiger partial charge in [0, 0.05) is 42.2 Å². The Balaban J connectivity index is 1.74. The van der Waals surface area contributed by atoms with Crippen molar-refractivity contribution in [1.29, 1.82) is 0 Å². The first-order valence-electron chi connectivity index (χ1n) is 13.5. The monoisotopic (exact) mass is 607 g/mol. The molecule has 0 unspecified atom stereocenters. The van der Waals surface area contributed by atoms with Gasteiger partial charge in [-0.2, -0.15) is 9.98 Å². The van der Waals surface area contributed by atoms with Gasteiger partial charge < -0.3 is 35.1 Å². The number of amides is 1. The number of benzene rings is 2. The van der Waals surface area contributed by atoms with Crippen molar-refractivity contribution in [1.82, 2.24) is 24.7 Å². The Morgan fingerprint density at radius 3 is 2.66 bits per heavy atom. The van der Waals surface area contributed by atoms with Crippen LogP contribution in [0.5, 0.6) is 17.5 Å². The van der Waals surface area contributed by atoms with Crippen molar-refractivity contribution in [2.24, 2.45) is 10.7 Å². The molecule has 0 fully saturated rings. The molecule has 0 bridgehead atoms. The van der Waals surface area contributed by atoms with E-state index < -0.39 is 11.9 Å². The quantitative estimate of drug-likeness (QED) is 0.178. The van der Waals surface area contributed by atoms with Crippen molar-refractivity contribution in [3.63, 3.8) is 0 Å². The van der Waals surface area contributed by atoms with Gasteiger partial charge in [0.1, 0.15) is 25.2 Å². The predicted molar refractivity (Wildman–Crippen MR) is 158 cm³/mol. The number of nitrogens with two attached hydrogens (primary N) is 1. The number of aliphatic hydroxyl groups is 1. The number of carbonyl (C=O) groups excluding carboxylic acids is 1. The molecule has 2 aromatic carbocycles. The van der Waals surface area contributed by atoms with E-state index in [9.17, 15) is 9.90 Å². The normalized spacial score (nSPS) is 11.3. The highest BCUT2D eigenvalue weighted by Crippen LogP contribution is 2.42. The molecule has 1 radical (unpaired) electrons. The molecule has 0 saturated heterocycles. The number of ether oxygens (including phenoxy) is 4. The first-order chi connectivity index (χ1) is 21.4. The number of para-hydroxylation sites is 1. The lowest BCUT2D eigenvalue weighted by molar-refractivity contribution is 0.157. The third-order valence-electron chi connectivity index (χ3n) is 6.01. The van der Waals surface area contributed by atoms with Gasteiger partial charge in [-0.05, 0) is 24.6 Å². The van der Waals surface area contributed by atoms with Crippen LogP contribution in [0.3, 0.4) is 0 Å². The lowest BCUT2D eigenvalue weighted by Gasteiger charge is -2.20. The van der Waals surface area contributed by atoms with E-state index in [1.807, 2.05) is 6.92 Å². The van der Waals surface area contributed by atoms with Crippen LogP contribution >= 0.6 is 0 Å². The van der Waals surface area contributed by atoms with Crippen LogP contribution in [-0.2, 0) is 11.2 Å². The van der Waals surface area contributed by atoms with Gasteiger partial charge in [0.15, 0.2) is 17.4 Å². The van der Waals surface area contributed by atoms with Gasteiger partial charge in [0.05, 0.1) is 26.0 Å². The Labute approximate surface area is 252 Å². The number of halogens is 1.